The minimum atomic E-state index is -3.46. The van der Waals surface area contributed by atoms with Crippen LogP contribution in [0.25, 0.3) is 0 Å². The lowest BCUT2D eigenvalue weighted by Crippen LogP contribution is -2.27. The maximum atomic E-state index is 11.4. The van der Waals surface area contributed by atoms with Crippen LogP contribution in [-0.2, 0) is 9.84 Å². The summed E-state index contributed by atoms with van der Waals surface area (Å²) in [6, 6.07) is 5.28. The van der Waals surface area contributed by atoms with E-state index in [9.17, 15) is 18.5 Å². The Morgan fingerprint density at radius 1 is 1.50 bits per heavy atom. The molecule has 0 aliphatic heterocycles. The van der Waals surface area contributed by atoms with Gasteiger partial charge >= 0.3 is 0 Å². The van der Waals surface area contributed by atoms with Crippen molar-refractivity contribution in [3.63, 3.8) is 0 Å². The van der Waals surface area contributed by atoms with Gasteiger partial charge in [0.1, 0.15) is 11.0 Å². The Morgan fingerprint density at radius 2 is 2.11 bits per heavy atom. The zero-order chi connectivity index (χ0) is 13.9. The Hall–Kier alpha value is -1.96. The minimum absolute atomic E-state index is 0.124. The molecule has 0 aliphatic rings. The molecule has 8 heteroatoms. The van der Waals surface area contributed by atoms with Gasteiger partial charge in [0.05, 0.1) is 4.92 Å². The lowest BCUT2D eigenvalue weighted by atomic mass is 10.1. The Morgan fingerprint density at radius 3 is 2.56 bits per heavy atom. The number of sulfone groups is 1. The molecule has 1 aromatic rings. The molecular weight excluding hydrogens is 260 g/mol. The predicted molar refractivity (Wildman–Crippen MR) is 65.7 cm³/mol. The monoisotopic (exact) mass is 272 g/mol. The van der Waals surface area contributed by atoms with E-state index in [-0.39, 0.29) is 17.0 Å². The summed E-state index contributed by atoms with van der Waals surface area (Å²) in [6.45, 7) is 1.35. The van der Waals surface area contributed by atoms with E-state index in [0.717, 1.165) is 12.3 Å². The van der Waals surface area contributed by atoms with Crippen LogP contribution in [0.3, 0.4) is 0 Å². The second kappa shape index (κ2) is 5.13. The highest BCUT2D eigenvalue weighted by molar-refractivity contribution is 7.92. The van der Waals surface area contributed by atoms with Crippen LogP contribution in [0.1, 0.15) is 12.5 Å². The van der Waals surface area contributed by atoms with E-state index in [1.54, 1.807) is 0 Å². The Labute approximate surface area is 104 Å². The van der Waals surface area contributed by atoms with Crippen molar-refractivity contribution in [3.05, 3.63) is 39.9 Å². The zero-order valence-electron chi connectivity index (χ0n) is 9.77. The van der Waals surface area contributed by atoms with Crippen LogP contribution >= 0.6 is 0 Å². The highest BCUT2D eigenvalue weighted by Gasteiger charge is 2.24. The van der Waals surface area contributed by atoms with Gasteiger partial charge in [-0.3, -0.25) is 10.1 Å². The summed E-state index contributed by atoms with van der Waals surface area (Å²) in [5.74, 6) is 0. The Bertz CT molecular complexity index is 594. The Balaban J connectivity index is 3.27. The molecule has 0 aliphatic carbocycles. The van der Waals surface area contributed by atoms with E-state index in [1.165, 1.54) is 25.1 Å². The number of oxime groups is 1. The van der Waals surface area contributed by atoms with Gasteiger partial charge in [-0.1, -0.05) is 17.3 Å². The minimum Gasteiger partial charge on any atom is -0.411 e. The molecule has 1 aromatic carbocycles. The molecule has 0 heterocycles. The van der Waals surface area contributed by atoms with Gasteiger partial charge in [0.2, 0.25) is 0 Å². The normalized spacial score (nSPS) is 14.2. The lowest BCUT2D eigenvalue weighted by Gasteiger charge is -2.11. The van der Waals surface area contributed by atoms with E-state index in [2.05, 4.69) is 5.16 Å². The molecule has 98 valence electrons. The van der Waals surface area contributed by atoms with Gasteiger partial charge in [-0.05, 0) is 6.92 Å². The van der Waals surface area contributed by atoms with Crippen LogP contribution in [0.4, 0.5) is 5.69 Å². The summed E-state index contributed by atoms with van der Waals surface area (Å²) in [7, 11) is -3.46. The highest BCUT2D eigenvalue weighted by atomic mass is 32.2. The van der Waals surface area contributed by atoms with Crippen LogP contribution in [0, 0.1) is 10.1 Å². The van der Waals surface area contributed by atoms with Crippen LogP contribution in [0.2, 0.25) is 0 Å². The van der Waals surface area contributed by atoms with Crippen molar-refractivity contribution in [1.29, 1.82) is 0 Å². The zero-order valence-corrected chi connectivity index (χ0v) is 10.6. The van der Waals surface area contributed by atoms with Gasteiger partial charge in [0, 0.05) is 24.0 Å². The van der Waals surface area contributed by atoms with Gasteiger partial charge in [0.15, 0.2) is 9.84 Å². The molecule has 1 atom stereocenters. The number of rotatable bonds is 4. The van der Waals surface area contributed by atoms with Crippen molar-refractivity contribution in [2.45, 2.75) is 12.2 Å². The van der Waals surface area contributed by atoms with E-state index in [1.807, 2.05) is 0 Å². The van der Waals surface area contributed by atoms with E-state index in [4.69, 9.17) is 5.21 Å². The lowest BCUT2D eigenvalue weighted by molar-refractivity contribution is -0.384. The Kier molecular flexibility index (Phi) is 4.02. The molecule has 0 saturated carbocycles. The molecule has 0 bridgehead atoms. The third-order valence-electron chi connectivity index (χ3n) is 2.49. The third kappa shape index (κ3) is 3.04. The van der Waals surface area contributed by atoms with Crippen molar-refractivity contribution >= 4 is 21.2 Å². The quantitative estimate of drug-likeness (QED) is 0.383. The van der Waals surface area contributed by atoms with Crippen molar-refractivity contribution in [3.8, 4) is 0 Å². The van der Waals surface area contributed by atoms with E-state index >= 15 is 0 Å². The number of hydrogen-bond acceptors (Lipinski definition) is 6. The maximum absolute atomic E-state index is 11.4. The summed E-state index contributed by atoms with van der Waals surface area (Å²) < 4.78 is 22.8. The molecule has 0 amide bonds. The van der Waals surface area contributed by atoms with E-state index < -0.39 is 20.0 Å². The molecule has 7 nitrogen and oxygen atoms in total. The summed E-state index contributed by atoms with van der Waals surface area (Å²) in [4.78, 5) is 10.0. The number of non-ortho nitro benzene ring substituents is 1. The van der Waals surface area contributed by atoms with E-state index in [0.29, 0.717) is 0 Å². The molecular formula is C10H12N2O5S. The third-order valence-corrected chi connectivity index (χ3v) is 4.00. The number of nitro groups is 1. The van der Waals surface area contributed by atoms with Crippen molar-refractivity contribution in [2.24, 2.45) is 5.16 Å². The fraction of sp³-hybridized carbons (Fsp3) is 0.300. The second-order valence-corrected chi connectivity index (χ2v) is 6.13. The van der Waals surface area contributed by atoms with Gasteiger partial charge in [-0.2, -0.15) is 0 Å². The summed E-state index contributed by atoms with van der Waals surface area (Å²) in [5.41, 5.74) is -0.125. The van der Waals surface area contributed by atoms with Gasteiger partial charge in [0.25, 0.3) is 5.69 Å². The second-order valence-electron chi connectivity index (χ2n) is 3.76. The smallest absolute Gasteiger partial charge is 0.270 e. The molecule has 0 aromatic heterocycles. The average Bonchev–Trinajstić information content (AvgIpc) is 2.29. The number of nitrogens with zero attached hydrogens (tertiary/aromatic N) is 2. The highest BCUT2D eigenvalue weighted by Crippen LogP contribution is 2.17. The standard InChI is InChI=1S/C10H12N2O5S/c1-7(18(2,16)17)10(11-13)8-4-3-5-9(6-8)12(14)15/h3-7,13H,1-2H3/b11-10+/t7-/m1/s1. The first-order valence-corrected chi connectivity index (χ1v) is 6.88. The largest absolute Gasteiger partial charge is 0.411 e. The number of benzene rings is 1. The molecule has 0 fully saturated rings. The van der Waals surface area contributed by atoms with Crippen LogP contribution in [-0.4, -0.2) is 35.8 Å². The summed E-state index contributed by atoms with van der Waals surface area (Å²) in [5, 5.41) is 21.4. The number of nitro benzene ring substituents is 1. The average molecular weight is 272 g/mol. The molecule has 0 radical (unpaired) electrons. The maximum Gasteiger partial charge on any atom is 0.270 e. The van der Waals surface area contributed by atoms with Crippen LogP contribution in [0.15, 0.2) is 29.4 Å². The summed E-state index contributed by atoms with van der Waals surface area (Å²) >= 11 is 0. The van der Waals surface area contributed by atoms with Crippen molar-refractivity contribution < 1.29 is 18.5 Å². The first kappa shape index (κ1) is 14.1. The van der Waals surface area contributed by atoms with Crippen molar-refractivity contribution in [1.82, 2.24) is 0 Å². The molecule has 18 heavy (non-hydrogen) atoms. The molecule has 1 rings (SSSR count). The van der Waals surface area contributed by atoms with Gasteiger partial charge < -0.3 is 5.21 Å². The van der Waals surface area contributed by atoms with Gasteiger partial charge in [-0.15, -0.1) is 0 Å². The topological polar surface area (TPSA) is 110 Å². The fourth-order valence-electron chi connectivity index (χ4n) is 1.36. The van der Waals surface area contributed by atoms with Crippen molar-refractivity contribution in [2.75, 3.05) is 6.26 Å². The molecule has 1 N–H and O–H groups in total. The molecule has 0 spiro atoms. The predicted octanol–water partition coefficient (Wildman–Crippen LogP) is 1.21. The van der Waals surface area contributed by atoms with Crippen LogP contribution < -0.4 is 0 Å². The number of hydrogen-bond donors (Lipinski definition) is 1. The fourth-order valence-corrected chi connectivity index (χ4v) is 1.94. The summed E-state index contributed by atoms with van der Waals surface area (Å²) in [6.07, 6.45) is 1.00. The SMILES string of the molecule is C[C@H](/C(=N\O)c1cccc([N+](=O)[O-])c1)S(C)(=O)=O. The molecule has 0 unspecified atom stereocenters. The van der Waals surface area contributed by atoms with Crippen LogP contribution in [0.5, 0.6) is 0 Å². The first-order valence-electron chi connectivity index (χ1n) is 4.93. The first-order chi connectivity index (χ1) is 8.27. The van der Waals surface area contributed by atoms with Gasteiger partial charge in [-0.25, -0.2) is 8.42 Å². The molecule has 0 saturated heterocycles.